The van der Waals surface area contributed by atoms with E-state index in [0.29, 0.717) is 17.0 Å². The number of carbonyl (C=O) groups excluding carboxylic acids is 2. The van der Waals surface area contributed by atoms with E-state index in [0.717, 1.165) is 11.1 Å². The quantitative estimate of drug-likeness (QED) is 0.536. The van der Waals surface area contributed by atoms with Gasteiger partial charge >= 0.3 is 5.97 Å². The van der Waals surface area contributed by atoms with Crippen molar-refractivity contribution >= 4 is 11.8 Å². The maximum Gasteiger partial charge on any atom is 0.338 e. The van der Waals surface area contributed by atoms with Gasteiger partial charge in [0.2, 0.25) is 0 Å². The van der Waals surface area contributed by atoms with Crippen LogP contribution in [0, 0.1) is 13.8 Å². The molecule has 1 fully saturated rings. The second-order valence-corrected chi connectivity index (χ2v) is 7.27. The molecule has 0 bridgehead atoms. The lowest BCUT2D eigenvalue weighted by Crippen LogP contribution is -2.15. The van der Waals surface area contributed by atoms with Crippen LogP contribution < -0.4 is 0 Å². The second-order valence-electron chi connectivity index (χ2n) is 7.27. The zero-order valence-corrected chi connectivity index (χ0v) is 15.6. The van der Waals surface area contributed by atoms with Crippen molar-refractivity contribution < 1.29 is 14.3 Å². The third-order valence-electron chi connectivity index (χ3n) is 5.25. The van der Waals surface area contributed by atoms with E-state index in [1.165, 1.54) is 37.7 Å². The van der Waals surface area contributed by atoms with Crippen LogP contribution in [0.15, 0.2) is 42.5 Å². The highest BCUT2D eigenvalue weighted by atomic mass is 16.5. The summed E-state index contributed by atoms with van der Waals surface area (Å²) in [5, 5.41) is 0. The normalized spacial score (nSPS) is 14.8. The lowest BCUT2D eigenvalue weighted by Gasteiger charge is -2.22. The molecule has 0 unspecified atom stereocenters. The van der Waals surface area contributed by atoms with Crippen molar-refractivity contribution in [2.45, 2.75) is 51.9 Å². The molecular formula is C23H26O3. The van der Waals surface area contributed by atoms with Gasteiger partial charge in [0.1, 0.15) is 0 Å². The summed E-state index contributed by atoms with van der Waals surface area (Å²) in [6, 6.07) is 13.4. The monoisotopic (exact) mass is 350 g/mol. The van der Waals surface area contributed by atoms with E-state index >= 15 is 0 Å². The summed E-state index contributed by atoms with van der Waals surface area (Å²) in [7, 11) is 0. The number of aryl methyl sites for hydroxylation is 2. The Morgan fingerprint density at radius 1 is 0.962 bits per heavy atom. The number of ketones is 1. The molecule has 1 aliphatic carbocycles. The van der Waals surface area contributed by atoms with Crippen molar-refractivity contribution in [3.05, 3.63) is 70.3 Å². The van der Waals surface area contributed by atoms with Crippen LogP contribution in [0.2, 0.25) is 0 Å². The van der Waals surface area contributed by atoms with Gasteiger partial charge < -0.3 is 4.74 Å². The molecule has 0 radical (unpaired) electrons. The van der Waals surface area contributed by atoms with Gasteiger partial charge in [-0.2, -0.15) is 0 Å². The molecule has 0 aliphatic heterocycles. The summed E-state index contributed by atoms with van der Waals surface area (Å²) >= 11 is 0. The second kappa shape index (κ2) is 8.31. The molecule has 3 heteroatoms. The van der Waals surface area contributed by atoms with Gasteiger partial charge in [0.15, 0.2) is 12.4 Å². The highest BCUT2D eigenvalue weighted by Gasteiger charge is 2.17. The molecule has 0 saturated heterocycles. The molecule has 0 spiro atoms. The minimum atomic E-state index is -0.449. The average molecular weight is 350 g/mol. The molecule has 0 heterocycles. The molecule has 3 nitrogen and oxygen atoms in total. The number of hydrogen-bond donors (Lipinski definition) is 0. The maximum atomic E-state index is 12.3. The maximum absolute atomic E-state index is 12.3. The van der Waals surface area contributed by atoms with Gasteiger partial charge in [0, 0.05) is 5.56 Å². The Labute approximate surface area is 155 Å². The average Bonchev–Trinajstić information content (AvgIpc) is 2.66. The van der Waals surface area contributed by atoms with Crippen LogP contribution in [0.4, 0.5) is 0 Å². The van der Waals surface area contributed by atoms with Gasteiger partial charge in [0.05, 0.1) is 5.56 Å². The SMILES string of the molecule is Cc1ccc(C(=O)OCC(=O)c2ccc(C3CCCCC3)cc2)c(C)c1. The molecule has 2 aromatic carbocycles. The summed E-state index contributed by atoms with van der Waals surface area (Å²) in [6.07, 6.45) is 6.39. The molecule has 1 aliphatic rings. The Morgan fingerprint density at radius 2 is 1.65 bits per heavy atom. The number of esters is 1. The van der Waals surface area contributed by atoms with Gasteiger partial charge in [-0.1, -0.05) is 61.2 Å². The molecule has 0 atom stereocenters. The first-order valence-corrected chi connectivity index (χ1v) is 9.42. The fraction of sp³-hybridized carbons (Fsp3) is 0.391. The number of Topliss-reactive ketones (excluding diaryl/α,β-unsaturated/α-hetero) is 1. The first-order valence-electron chi connectivity index (χ1n) is 9.42. The van der Waals surface area contributed by atoms with E-state index in [2.05, 4.69) is 12.1 Å². The first-order chi connectivity index (χ1) is 12.5. The first kappa shape index (κ1) is 18.4. The lowest BCUT2D eigenvalue weighted by atomic mass is 9.84. The van der Waals surface area contributed by atoms with Crippen LogP contribution in [0.5, 0.6) is 0 Å². The Balaban J connectivity index is 1.58. The van der Waals surface area contributed by atoms with Gasteiger partial charge in [0.25, 0.3) is 0 Å². The Kier molecular flexibility index (Phi) is 5.87. The standard InChI is InChI=1S/C23H26O3/c1-16-8-13-21(17(2)14-16)23(25)26-15-22(24)20-11-9-19(10-12-20)18-6-4-3-5-7-18/h8-14,18H,3-7,15H2,1-2H3. The lowest BCUT2D eigenvalue weighted by molar-refractivity contribution is 0.0474. The van der Waals surface area contributed by atoms with Crippen LogP contribution >= 0.6 is 0 Å². The predicted molar refractivity (Wildman–Crippen MR) is 103 cm³/mol. The zero-order chi connectivity index (χ0) is 18.5. The number of rotatable bonds is 5. The van der Waals surface area contributed by atoms with Crippen LogP contribution in [-0.2, 0) is 4.74 Å². The van der Waals surface area contributed by atoms with Gasteiger partial charge in [-0.15, -0.1) is 0 Å². The predicted octanol–water partition coefficient (Wildman–Crippen LogP) is 5.39. The van der Waals surface area contributed by atoms with Crippen LogP contribution in [0.25, 0.3) is 0 Å². The Morgan fingerprint density at radius 3 is 2.31 bits per heavy atom. The van der Waals surface area contributed by atoms with Gasteiger partial charge in [-0.3, -0.25) is 4.79 Å². The van der Waals surface area contributed by atoms with E-state index in [4.69, 9.17) is 4.74 Å². The van der Waals surface area contributed by atoms with Crippen molar-refractivity contribution in [1.82, 2.24) is 0 Å². The summed E-state index contributed by atoms with van der Waals surface area (Å²) < 4.78 is 5.22. The van der Waals surface area contributed by atoms with Crippen molar-refractivity contribution in [3.8, 4) is 0 Å². The molecule has 0 amide bonds. The molecular weight excluding hydrogens is 324 g/mol. The van der Waals surface area contributed by atoms with Crippen LogP contribution in [-0.4, -0.2) is 18.4 Å². The van der Waals surface area contributed by atoms with Crippen molar-refractivity contribution in [2.24, 2.45) is 0 Å². The smallest absolute Gasteiger partial charge is 0.338 e. The fourth-order valence-electron chi connectivity index (χ4n) is 3.71. The van der Waals surface area contributed by atoms with Crippen molar-refractivity contribution in [2.75, 3.05) is 6.61 Å². The number of benzene rings is 2. The summed E-state index contributed by atoms with van der Waals surface area (Å²) in [6.45, 7) is 3.62. The molecule has 0 aromatic heterocycles. The van der Waals surface area contributed by atoms with Gasteiger partial charge in [-0.05, 0) is 49.8 Å². The summed E-state index contributed by atoms with van der Waals surface area (Å²) in [5.74, 6) is 0.00299. The van der Waals surface area contributed by atoms with E-state index < -0.39 is 5.97 Å². The van der Waals surface area contributed by atoms with Crippen LogP contribution in [0.1, 0.15) is 75.4 Å². The van der Waals surface area contributed by atoms with Gasteiger partial charge in [-0.25, -0.2) is 4.79 Å². The molecule has 2 aromatic rings. The summed E-state index contributed by atoms with van der Waals surface area (Å²) in [4.78, 5) is 24.5. The largest absolute Gasteiger partial charge is 0.454 e. The number of hydrogen-bond acceptors (Lipinski definition) is 3. The van der Waals surface area contributed by atoms with E-state index in [9.17, 15) is 9.59 Å². The molecule has 0 N–H and O–H groups in total. The number of ether oxygens (including phenoxy) is 1. The zero-order valence-electron chi connectivity index (χ0n) is 15.6. The third kappa shape index (κ3) is 4.40. The molecule has 1 saturated carbocycles. The third-order valence-corrected chi connectivity index (χ3v) is 5.25. The van der Waals surface area contributed by atoms with Crippen molar-refractivity contribution in [1.29, 1.82) is 0 Å². The number of carbonyl (C=O) groups is 2. The Hall–Kier alpha value is -2.42. The summed E-state index contributed by atoms with van der Waals surface area (Å²) in [5.41, 5.74) is 4.37. The molecule has 136 valence electrons. The van der Waals surface area contributed by atoms with Crippen LogP contribution in [0.3, 0.4) is 0 Å². The van der Waals surface area contributed by atoms with E-state index in [-0.39, 0.29) is 12.4 Å². The van der Waals surface area contributed by atoms with E-state index in [1.807, 2.05) is 38.1 Å². The minimum Gasteiger partial charge on any atom is -0.454 e. The minimum absolute atomic E-state index is 0.168. The van der Waals surface area contributed by atoms with Crippen molar-refractivity contribution in [3.63, 3.8) is 0 Å². The highest BCUT2D eigenvalue weighted by molar-refractivity contribution is 5.99. The fourth-order valence-corrected chi connectivity index (χ4v) is 3.71. The molecule has 3 rings (SSSR count). The van der Waals surface area contributed by atoms with E-state index in [1.54, 1.807) is 6.07 Å². The molecule has 26 heavy (non-hydrogen) atoms. The highest BCUT2D eigenvalue weighted by Crippen LogP contribution is 2.32. The topological polar surface area (TPSA) is 43.4 Å². The Bertz CT molecular complexity index is 784.